The molecule has 0 N–H and O–H groups in total. The molecule has 0 aromatic heterocycles. The molecule has 2 aromatic carbocycles. The Bertz CT molecular complexity index is 861. The number of amides is 1. The predicted molar refractivity (Wildman–Crippen MR) is 101 cm³/mol. The van der Waals surface area contributed by atoms with Crippen LogP contribution >= 0.6 is 0 Å². The second kappa shape index (κ2) is 8.33. The van der Waals surface area contributed by atoms with Crippen molar-refractivity contribution in [1.82, 2.24) is 9.21 Å². The number of likely N-dealkylation sites (N-methyl/N-ethyl adjacent to an activating group) is 1. The van der Waals surface area contributed by atoms with Gasteiger partial charge in [0.1, 0.15) is 12.4 Å². The van der Waals surface area contributed by atoms with E-state index in [1.807, 2.05) is 31.2 Å². The number of ether oxygens (including phenoxy) is 1. The highest BCUT2D eigenvalue weighted by atomic mass is 32.2. The van der Waals surface area contributed by atoms with Crippen LogP contribution in [0.5, 0.6) is 5.75 Å². The average Bonchev–Trinajstić information content (AvgIpc) is 2.62. The summed E-state index contributed by atoms with van der Waals surface area (Å²) in [5.74, 6) is 0.490. The summed E-state index contributed by atoms with van der Waals surface area (Å²) in [6.07, 6.45) is 0. The second-order valence-corrected chi connectivity index (χ2v) is 8.36. The minimum absolute atomic E-state index is 0.0951. The Morgan fingerprint density at radius 3 is 2.31 bits per heavy atom. The minimum Gasteiger partial charge on any atom is -0.492 e. The Kier molecular flexibility index (Phi) is 6.39. The first kappa shape index (κ1) is 19.9. The van der Waals surface area contributed by atoms with Crippen molar-refractivity contribution in [2.45, 2.75) is 11.8 Å². The van der Waals surface area contributed by atoms with Crippen molar-refractivity contribution in [3.63, 3.8) is 0 Å². The summed E-state index contributed by atoms with van der Waals surface area (Å²) in [5, 5.41) is 0. The van der Waals surface area contributed by atoms with Gasteiger partial charge in [-0.15, -0.1) is 0 Å². The molecule has 140 valence electrons. The summed E-state index contributed by atoms with van der Waals surface area (Å²) in [4.78, 5) is 14.1. The van der Waals surface area contributed by atoms with Crippen molar-refractivity contribution >= 4 is 15.9 Å². The van der Waals surface area contributed by atoms with E-state index >= 15 is 0 Å². The van der Waals surface area contributed by atoms with Gasteiger partial charge in [0.05, 0.1) is 11.4 Å². The molecule has 0 radical (unpaired) electrons. The topological polar surface area (TPSA) is 66.9 Å². The highest BCUT2D eigenvalue weighted by Gasteiger charge is 2.20. The fourth-order valence-corrected chi connectivity index (χ4v) is 3.21. The lowest BCUT2D eigenvalue weighted by Gasteiger charge is -2.18. The van der Waals surface area contributed by atoms with Crippen LogP contribution in [0.2, 0.25) is 0 Å². The van der Waals surface area contributed by atoms with E-state index in [0.29, 0.717) is 18.7 Å². The van der Waals surface area contributed by atoms with Gasteiger partial charge in [-0.3, -0.25) is 4.79 Å². The van der Waals surface area contributed by atoms with Gasteiger partial charge in [-0.2, -0.15) is 0 Å². The number of carbonyl (C=O) groups is 1. The molecule has 0 aliphatic heterocycles. The smallest absolute Gasteiger partial charge is 0.253 e. The van der Waals surface area contributed by atoms with Gasteiger partial charge >= 0.3 is 0 Å². The van der Waals surface area contributed by atoms with Crippen LogP contribution in [0.4, 0.5) is 0 Å². The summed E-state index contributed by atoms with van der Waals surface area (Å²) in [6, 6.07) is 13.7. The number of aryl methyl sites for hydroxylation is 1. The normalized spacial score (nSPS) is 11.4. The summed E-state index contributed by atoms with van der Waals surface area (Å²) in [5.41, 5.74) is 1.47. The Morgan fingerprint density at radius 1 is 1.04 bits per heavy atom. The molecule has 0 aliphatic rings. The van der Waals surface area contributed by atoms with Crippen LogP contribution in [0, 0.1) is 6.92 Å². The van der Waals surface area contributed by atoms with Crippen molar-refractivity contribution in [2.24, 2.45) is 0 Å². The molecule has 26 heavy (non-hydrogen) atoms. The van der Waals surface area contributed by atoms with Gasteiger partial charge in [0.2, 0.25) is 10.0 Å². The maximum absolute atomic E-state index is 12.5. The lowest BCUT2D eigenvalue weighted by atomic mass is 10.2. The Hall–Kier alpha value is -2.38. The van der Waals surface area contributed by atoms with Gasteiger partial charge in [0.25, 0.3) is 5.91 Å². The van der Waals surface area contributed by atoms with Crippen LogP contribution in [0.15, 0.2) is 53.4 Å². The second-order valence-electron chi connectivity index (χ2n) is 6.20. The number of rotatable bonds is 7. The first-order valence-electron chi connectivity index (χ1n) is 8.19. The molecule has 0 heterocycles. The van der Waals surface area contributed by atoms with Crippen molar-refractivity contribution in [2.75, 3.05) is 34.3 Å². The molecule has 0 saturated carbocycles. The third kappa shape index (κ3) is 4.83. The van der Waals surface area contributed by atoms with Crippen LogP contribution in [0.1, 0.15) is 15.9 Å². The molecule has 6 nitrogen and oxygen atoms in total. The van der Waals surface area contributed by atoms with Gasteiger partial charge in [-0.05, 0) is 37.3 Å². The zero-order valence-electron chi connectivity index (χ0n) is 15.5. The number of benzene rings is 2. The molecule has 1 amide bonds. The van der Waals surface area contributed by atoms with Crippen molar-refractivity contribution in [3.8, 4) is 5.75 Å². The number of hydrogen-bond acceptors (Lipinski definition) is 4. The number of nitrogens with zero attached hydrogens (tertiary/aromatic N) is 2. The third-order valence-electron chi connectivity index (χ3n) is 3.92. The van der Waals surface area contributed by atoms with Crippen LogP contribution in [0.3, 0.4) is 0 Å². The molecule has 0 unspecified atom stereocenters. The van der Waals surface area contributed by atoms with E-state index in [4.69, 9.17) is 4.74 Å². The fraction of sp³-hybridized carbons (Fsp3) is 0.316. The van der Waals surface area contributed by atoms with E-state index < -0.39 is 10.0 Å². The molecule has 0 fully saturated rings. The highest BCUT2D eigenvalue weighted by Crippen LogP contribution is 2.16. The largest absolute Gasteiger partial charge is 0.492 e. The van der Waals surface area contributed by atoms with Crippen molar-refractivity contribution < 1.29 is 17.9 Å². The van der Waals surface area contributed by atoms with Crippen molar-refractivity contribution in [1.29, 1.82) is 0 Å². The predicted octanol–water partition coefficient (Wildman–Crippen LogP) is 2.40. The minimum atomic E-state index is -3.58. The van der Waals surface area contributed by atoms with Gasteiger partial charge in [-0.25, -0.2) is 12.7 Å². The van der Waals surface area contributed by atoms with E-state index in [9.17, 15) is 13.2 Å². The van der Waals surface area contributed by atoms with E-state index in [1.54, 1.807) is 19.2 Å². The fourth-order valence-electron chi connectivity index (χ4n) is 2.26. The molecule has 0 aliphatic carbocycles. The number of carbonyl (C=O) groups excluding carboxylic acids is 1. The molecule has 2 rings (SSSR count). The quantitative estimate of drug-likeness (QED) is 0.744. The van der Waals surface area contributed by atoms with E-state index in [0.717, 1.165) is 15.6 Å². The molecular formula is C19H24N2O4S. The Morgan fingerprint density at radius 2 is 1.69 bits per heavy atom. The van der Waals surface area contributed by atoms with Crippen LogP contribution in [0.25, 0.3) is 0 Å². The molecule has 7 heteroatoms. The van der Waals surface area contributed by atoms with Gasteiger partial charge in [0.15, 0.2) is 0 Å². The lowest BCUT2D eigenvalue weighted by Crippen LogP contribution is -2.31. The van der Waals surface area contributed by atoms with Crippen LogP contribution in [-0.2, 0) is 10.0 Å². The zero-order valence-corrected chi connectivity index (χ0v) is 16.3. The molecule has 0 atom stereocenters. The first-order valence-corrected chi connectivity index (χ1v) is 9.63. The van der Waals surface area contributed by atoms with Crippen molar-refractivity contribution in [3.05, 3.63) is 59.7 Å². The van der Waals surface area contributed by atoms with Crippen LogP contribution in [-0.4, -0.2) is 57.8 Å². The number of hydrogen-bond donors (Lipinski definition) is 0. The SMILES string of the molecule is Cc1ccc(OCCN(C)C(=O)c2cccc(S(=O)(=O)N(C)C)c2)cc1. The van der Waals surface area contributed by atoms with Gasteiger partial charge in [-0.1, -0.05) is 23.8 Å². The average molecular weight is 376 g/mol. The van der Waals surface area contributed by atoms with E-state index in [-0.39, 0.29) is 10.8 Å². The standard InChI is InChI=1S/C19H24N2O4S/c1-15-8-10-17(11-9-15)25-13-12-21(4)19(22)16-6-5-7-18(14-16)26(23,24)20(2)3/h5-11,14H,12-13H2,1-4H3. The first-order chi connectivity index (χ1) is 12.2. The molecule has 0 bridgehead atoms. The maximum Gasteiger partial charge on any atom is 0.253 e. The highest BCUT2D eigenvalue weighted by molar-refractivity contribution is 7.89. The zero-order chi connectivity index (χ0) is 19.3. The lowest BCUT2D eigenvalue weighted by molar-refractivity contribution is 0.0773. The molecule has 0 spiro atoms. The third-order valence-corrected chi connectivity index (χ3v) is 5.73. The maximum atomic E-state index is 12.5. The van der Waals surface area contributed by atoms with Gasteiger partial charge < -0.3 is 9.64 Å². The Labute approximate surface area is 155 Å². The Balaban J connectivity index is 2.00. The van der Waals surface area contributed by atoms with Gasteiger partial charge in [0, 0.05) is 26.7 Å². The summed E-state index contributed by atoms with van der Waals surface area (Å²) in [7, 11) is 0.997. The van der Waals surface area contributed by atoms with E-state index in [2.05, 4.69) is 0 Å². The summed E-state index contributed by atoms with van der Waals surface area (Å²) < 4.78 is 31.2. The molecule has 0 saturated heterocycles. The molecular weight excluding hydrogens is 352 g/mol. The number of sulfonamides is 1. The van der Waals surface area contributed by atoms with Crippen LogP contribution < -0.4 is 4.74 Å². The van der Waals surface area contributed by atoms with E-state index in [1.165, 1.54) is 31.1 Å². The monoisotopic (exact) mass is 376 g/mol. The summed E-state index contributed by atoms with van der Waals surface area (Å²) in [6.45, 7) is 2.74. The molecule has 2 aromatic rings. The summed E-state index contributed by atoms with van der Waals surface area (Å²) >= 11 is 0.